The number of para-hydroxylation sites is 1. The second-order valence-electron chi connectivity index (χ2n) is 5.11. The molecule has 0 bridgehead atoms. The molecular formula is C18H17FN2O5. The molecule has 0 aliphatic heterocycles. The minimum Gasteiger partial charge on any atom is -0.488 e. The Kier molecular flexibility index (Phi) is 6.67. The number of imide groups is 1. The molecule has 0 spiro atoms. The molecule has 2 rings (SSSR count). The number of rotatable bonds is 6. The van der Waals surface area contributed by atoms with Crippen molar-refractivity contribution in [1.29, 1.82) is 0 Å². The summed E-state index contributed by atoms with van der Waals surface area (Å²) in [5, 5.41) is 4.18. The van der Waals surface area contributed by atoms with Crippen LogP contribution in [0.5, 0.6) is 5.75 Å². The summed E-state index contributed by atoms with van der Waals surface area (Å²) in [6.07, 6.45) is 0. The Morgan fingerprint density at radius 2 is 1.73 bits per heavy atom. The van der Waals surface area contributed by atoms with Crippen LogP contribution in [0.2, 0.25) is 0 Å². The van der Waals surface area contributed by atoms with Crippen LogP contribution in [0.1, 0.15) is 15.9 Å². The van der Waals surface area contributed by atoms with E-state index in [1.165, 1.54) is 25.2 Å². The summed E-state index contributed by atoms with van der Waals surface area (Å²) in [5.41, 5.74) is 0.849. The lowest BCUT2D eigenvalue weighted by Crippen LogP contribution is -2.39. The predicted molar refractivity (Wildman–Crippen MR) is 90.1 cm³/mol. The van der Waals surface area contributed by atoms with Crippen LogP contribution in [-0.2, 0) is 16.1 Å². The van der Waals surface area contributed by atoms with E-state index in [1.807, 2.05) is 5.32 Å². The lowest BCUT2D eigenvalue weighted by atomic mass is 10.2. The lowest BCUT2D eigenvalue weighted by molar-refractivity contribution is -0.123. The fraction of sp³-hybridized carbons (Fsp3) is 0.167. The van der Waals surface area contributed by atoms with Crippen LogP contribution in [-0.4, -0.2) is 31.6 Å². The number of benzene rings is 2. The van der Waals surface area contributed by atoms with Gasteiger partial charge in [-0.05, 0) is 29.8 Å². The van der Waals surface area contributed by atoms with E-state index >= 15 is 0 Å². The molecule has 0 fully saturated rings. The number of urea groups is 1. The molecule has 0 unspecified atom stereocenters. The number of hydrogen-bond acceptors (Lipinski definition) is 5. The van der Waals surface area contributed by atoms with Gasteiger partial charge in [0.25, 0.3) is 5.91 Å². The molecule has 2 aromatic carbocycles. The molecule has 0 aliphatic carbocycles. The maximum atomic E-state index is 12.9. The van der Waals surface area contributed by atoms with Crippen LogP contribution < -0.4 is 15.4 Å². The van der Waals surface area contributed by atoms with Crippen molar-refractivity contribution in [2.45, 2.75) is 6.61 Å². The maximum Gasteiger partial charge on any atom is 0.342 e. The molecule has 0 aromatic heterocycles. The standard InChI is InChI=1S/C18H17FN2O5/c1-20-18(24)21-16(22)11-26-17(23)14-4-2-3-5-15(14)25-10-12-6-8-13(19)9-7-12/h2-9H,10-11H2,1H3,(H2,20,21,22,24). The number of amides is 3. The van der Waals surface area contributed by atoms with Crippen molar-refractivity contribution in [1.82, 2.24) is 10.6 Å². The number of ether oxygens (including phenoxy) is 2. The van der Waals surface area contributed by atoms with E-state index < -0.39 is 24.5 Å². The number of nitrogens with one attached hydrogen (secondary N) is 2. The van der Waals surface area contributed by atoms with Gasteiger partial charge in [-0.1, -0.05) is 24.3 Å². The minimum atomic E-state index is -0.772. The molecule has 3 amide bonds. The third kappa shape index (κ3) is 5.59. The van der Waals surface area contributed by atoms with E-state index in [9.17, 15) is 18.8 Å². The number of halogens is 1. The van der Waals surface area contributed by atoms with Crippen LogP contribution >= 0.6 is 0 Å². The van der Waals surface area contributed by atoms with Crippen molar-refractivity contribution >= 4 is 17.9 Å². The third-order valence-corrected chi connectivity index (χ3v) is 3.23. The predicted octanol–water partition coefficient (Wildman–Crippen LogP) is 2.02. The maximum absolute atomic E-state index is 12.9. The van der Waals surface area contributed by atoms with Crippen LogP contribution in [0.15, 0.2) is 48.5 Å². The van der Waals surface area contributed by atoms with E-state index in [0.29, 0.717) is 0 Å². The summed E-state index contributed by atoms with van der Waals surface area (Å²) in [5.74, 6) is -1.63. The zero-order valence-corrected chi connectivity index (χ0v) is 14.0. The van der Waals surface area contributed by atoms with Gasteiger partial charge >= 0.3 is 12.0 Å². The molecule has 2 N–H and O–H groups in total. The van der Waals surface area contributed by atoms with Gasteiger partial charge in [0, 0.05) is 7.05 Å². The molecule has 0 aliphatic rings. The minimum absolute atomic E-state index is 0.127. The number of esters is 1. The largest absolute Gasteiger partial charge is 0.488 e. The van der Waals surface area contributed by atoms with Crippen LogP contribution in [0.25, 0.3) is 0 Å². The van der Waals surface area contributed by atoms with E-state index in [0.717, 1.165) is 5.56 Å². The second-order valence-corrected chi connectivity index (χ2v) is 5.11. The zero-order chi connectivity index (χ0) is 18.9. The molecule has 136 valence electrons. The summed E-state index contributed by atoms with van der Waals surface area (Å²) < 4.78 is 23.4. The highest BCUT2D eigenvalue weighted by molar-refractivity contribution is 5.97. The van der Waals surface area contributed by atoms with Gasteiger partial charge in [0.2, 0.25) is 0 Å². The highest BCUT2D eigenvalue weighted by Gasteiger charge is 2.16. The first-order valence-corrected chi connectivity index (χ1v) is 7.64. The number of hydrogen-bond donors (Lipinski definition) is 2. The Bertz CT molecular complexity index is 792. The Hall–Kier alpha value is -3.42. The van der Waals surface area contributed by atoms with Gasteiger partial charge in [-0.25, -0.2) is 14.0 Å². The molecular weight excluding hydrogens is 343 g/mol. The average molecular weight is 360 g/mol. The highest BCUT2D eigenvalue weighted by Crippen LogP contribution is 2.20. The summed E-state index contributed by atoms with van der Waals surface area (Å²) in [4.78, 5) is 34.6. The first-order chi connectivity index (χ1) is 12.5. The average Bonchev–Trinajstić information content (AvgIpc) is 2.65. The summed E-state index contributed by atoms with van der Waals surface area (Å²) in [6, 6.07) is 11.4. The van der Waals surface area contributed by atoms with Crippen molar-refractivity contribution < 1.29 is 28.2 Å². The Balaban J connectivity index is 1.96. The fourth-order valence-electron chi connectivity index (χ4n) is 1.94. The molecule has 0 atom stereocenters. The van der Waals surface area contributed by atoms with Crippen molar-refractivity contribution in [3.8, 4) is 5.75 Å². The van der Waals surface area contributed by atoms with Gasteiger partial charge in [0.1, 0.15) is 23.7 Å². The third-order valence-electron chi connectivity index (χ3n) is 3.23. The van der Waals surface area contributed by atoms with Gasteiger partial charge in [0.05, 0.1) is 0 Å². The Labute approximate surface area is 149 Å². The van der Waals surface area contributed by atoms with Crippen molar-refractivity contribution in [3.05, 3.63) is 65.5 Å². The molecule has 26 heavy (non-hydrogen) atoms. The fourth-order valence-corrected chi connectivity index (χ4v) is 1.94. The van der Waals surface area contributed by atoms with Crippen LogP contribution in [0, 0.1) is 5.82 Å². The summed E-state index contributed by atoms with van der Waals surface area (Å²) in [6.45, 7) is -0.486. The molecule has 0 radical (unpaired) electrons. The SMILES string of the molecule is CNC(=O)NC(=O)COC(=O)c1ccccc1OCc1ccc(F)cc1. The molecule has 2 aromatic rings. The Morgan fingerprint density at radius 1 is 1.04 bits per heavy atom. The van der Waals surface area contributed by atoms with E-state index in [-0.39, 0.29) is 23.7 Å². The van der Waals surface area contributed by atoms with Gasteiger partial charge in [-0.15, -0.1) is 0 Å². The first kappa shape index (κ1) is 18.9. The molecule has 0 heterocycles. The van der Waals surface area contributed by atoms with E-state index in [2.05, 4.69) is 5.32 Å². The van der Waals surface area contributed by atoms with Crippen molar-refractivity contribution in [3.63, 3.8) is 0 Å². The summed E-state index contributed by atoms with van der Waals surface area (Å²) in [7, 11) is 1.35. The van der Waals surface area contributed by atoms with Gasteiger partial charge in [-0.3, -0.25) is 10.1 Å². The topological polar surface area (TPSA) is 93.7 Å². The molecule has 7 nitrogen and oxygen atoms in total. The van der Waals surface area contributed by atoms with E-state index in [1.54, 1.807) is 30.3 Å². The molecule has 8 heteroatoms. The number of carbonyl (C=O) groups is 3. The van der Waals surface area contributed by atoms with Gasteiger partial charge in [-0.2, -0.15) is 0 Å². The molecule has 0 saturated carbocycles. The van der Waals surface area contributed by atoms with Gasteiger partial charge < -0.3 is 14.8 Å². The van der Waals surface area contributed by atoms with Crippen LogP contribution in [0.4, 0.5) is 9.18 Å². The van der Waals surface area contributed by atoms with E-state index in [4.69, 9.17) is 9.47 Å². The quantitative estimate of drug-likeness (QED) is 0.769. The monoisotopic (exact) mass is 360 g/mol. The van der Waals surface area contributed by atoms with Gasteiger partial charge in [0.15, 0.2) is 6.61 Å². The highest BCUT2D eigenvalue weighted by atomic mass is 19.1. The Morgan fingerprint density at radius 3 is 2.42 bits per heavy atom. The smallest absolute Gasteiger partial charge is 0.342 e. The lowest BCUT2D eigenvalue weighted by Gasteiger charge is -2.11. The second kappa shape index (κ2) is 9.16. The van der Waals surface area contributed by atoms with Crippen molar-refractivity contribution in [2.24, 2.45) is 0 Å². The van der Waals surface area contributed by atoms with Crippen LogP contribution in [0.3, 0.4) is 0 Å². The summed E-state index contributed by atoms with van der Waals surface area (Å²) >= 11 is 0. The number of carbonyl (C=O) groups excluding carboxylic acids is 3. The molecule has 0 saturated heterocycles. The van der Waals surface area contributed by atoms with Crippen molar-refractivity contribution in [2.75, 3.05) is 13.7 Å². The zero-order valence-electron chi connectivity index (χ0n) is 14.0. The first-order valence-electron chi connectivity index (χ1n) is 7.64. The normalized spacial score (nSPS) is 9.92.